The molecule has 0 atom stereocenters. The topological polar surface area (TPSA) is 0 Å². The first-order valence-electron chi connectivity index (χ1n) is 1.47. The van der Waals surface area contributed by atoms with Crippen LogP contribution in [0.5, 0.6) is 0 Å². The molecule has 0 fully saturated rings. The van der Waals surface area contributed by atoms with Gasteiger partial charge in [-0.05, 0) is 10.8 Å². The van der Waals surface area contributed by atoms with Crippen molar-refractivity contribution in [3.8, 4) is 0 Å². The van der Waals surface area contributed by atoms with E-state index < -0.39 is 0 Å². The van der Waals surface area contributed by atoms with E-state index in [0.29, 0.717) is 0 Å². The van der Waals surface area contributed by atoms with Crippen molar-refractivity contribution < 1.29 is 20.3 Å². The molecule has 0 unspecified atom stereocenters. The van der Waals surface area contributed by atoms with Crippen LogP contribution in [-0.2, 0) is 0 Å². The molecule has 0 bridgehead atoms. The third-order valence-corrected chi connectivity index (χ3v) is 1.05. The van der Waals surface area contributed by atoms with Crippen molar-refractivity contribution in [3.63, 3.8) is 0 Å². The van der Waals surface area contributed by atoms with Crippen LogP contribution in [0.3, 0.4) is 0 Å². The molecule has 0 radical (unpaired) electrons. The van der Waals surface area contributed by atoms with E-state index in [-0.39, 0.29) is 20.3 Å². The summed E-state index contributed by atoms with van der Waals surface area (Å²) in [7, 11) is 0. The van der Waals surface area contributed by atoms with Crippen molar-refractivity contribution in [2.24, 2.45) is 0 Å². The number of thiophene rings is 1. The molecule has 0 saturated heterocycles. The summed E-state index contributed by atoms with van der Waals surface area (Å²) in [6.45, 7) is 0. The normalized spacial score (nSPS) is 6.67. The first-order valence-corrected chi connectivity index (χ1v) is 2.41. The number of hydrogen-bond acceptors (Lipinski definition) is 1. The smallest absolute Gasteiger partial charge is 1.00 e. The standard InChI is InChI=1S/C4H4S.Li.H/c1-2-4-5-3-1;;/h1-4H;;/q;+1;-1. The van der Waals surface area contributed by atoms with Crippen LogP contribution >= 0.6 is 11.3 Å². The summed E-state index contributed by atoms with van der Waals surface area (Å²) in [5.41, 5.74) is 0. The Morgan fingerprint density at radius 3 is 1.83 bits per heavy atom. The summed E-state index contributed by atoms with van der Waals surface area (Å²) in [4.78, 5) is 0. The Bertz CT molecular complexity index is 68.2. The van der Waals surface area contributed by atoms with Crippen LogP contribution in [0.4, 0.5) is 0 Å². The van der Waals surface area contributed by atoms with Crippen molar-refractivity contribution in [3.05, 3.63) is 22.9 Å². The zero-order chi connectivity index (χ0) is 3.54. The minimum absolute atomic E-state index is 0. The molecule has 0 amide bonds. The molecule has 1 rings (SSSR count). The summed E-state index contributed by atoms with van der Waals surface area (Å²) in [5.74, 6) is 0. The first-order chi connectivity index (χ1) is 2.50. The van der Waals surface area contributed by atoms with Crippen molar-refractivity contribution in [1.29, 1.82) is 0 Å². The quantitative estimate of drug-likeness (QED) is 0.355. The number of hydrogen-bond donors (Lipinski definition) is 0. The fourth-order valence-corrected chi connectivity index (χ4v) is 0.680. The summed E-state index contributed by atoms with van der Waals surface area (Å²) < 4.78 is 0. The summed E-state index contributed by atoms with van der Waals surface area (Å²) in [6.07, 6.45) is 0. The van der Waals surface area contributed by atoms with Crippen LogP contribution in [0, 0.1) is 0 Å². The maximum atomic E-state index is 2.04. The summed E-state index contributed by atoms with van der Waals surface area (Å²) in [6, 6.07) is 4.04. The Morgan fingerprint density at radius 1 is 1.17 bits per heavy atom. The van der Waals surface area contributed by atoms with Crippen molar-refractivity contribution in [1.82, 2.24) is 0 Å². The van der Waals surface area contributed by atoms with Gasteiger partial charge >= 0.3 is 18.9 Å². The molecule has 1 aromatic rings. The van der Waals surface area contributed by atoms with Crippen LogP contribution in [0.1, 0.15) is 1.43 Å². The molecular weight excluding hydrogens is 87.1 g/mol. The molecule has 0 aromatic carbocycles. The van der Waals surface area contributed by atoms with Crippen LogP contribution in [0.25, 0.3) is 0 Å². The van der Waals surface area contributed by atoms with Crippen LogP contribution in [-0.4, -0.2) is 0 Å². The Balaban J connectivity index is 0. The van der Waals surface area contributed by atoms with Gasteiger partial charge < -0.3 is 1.43 Å². The molecule has 2 heteroatoms. The van der Waals surface area contributed by atoms with Gasteiger partial charge in [0.15, 0.2) is 0 Å². The molecule has 28 valence electrons. The van der Waals surface area contributed by atoms with Gasteiger partial charge in [0, 0.05) is 0 Å². The minimum atomic E-state index is 0. The predicted molar refractivity (Wildman–Crippen MR) is 25.4 cm³/mol. The van der Waals surface area contributed by atoms with Crippen LogP contribution in [0.2, 0.25) is 0 Å². The molecule has 0 N–H and O–H groups in total. The summed E-state index contributed by atoms with van der Waals surface area (Å²) >= 11 is 1.71. The molecule has 0 aliphatic carbocycles. The molecule has 0 aliphatic rings. The zero-order valence-corrected chi connectivity index (χ0v) is 4.53. The van der Waals surface area contributed by atoms with E-state index in [1.807, 2.05) is 22.9 Å². The maximum absolute atomic E-state index is 2.04. The average Bonchev–Trinajstić information content (AvgIpc) is 1.76. The van der Waals surface area contributed by atoms with Gasteiger partial charge in [-0.2, -0.15) is 11.3 Å². The zero-order valence-electron chi connectivity index (χ0n) is 4.72. The van der Waals surface area contributed by atoms with Crippen molar-refractivity contribution in [2.75, 3.05) is 0 Å². The van der Waals surface area contributed by atoms with E-state index >= 15 is 0 Å². The van der Waals surface area contributed by atoms with Crippen molar-refractivity contribution in [2.45, 2.75) is 0 Å². The molecule has 1 heterocycles. The van der Waals surface area contributed by atoms with Gasteiger partial charge in [0.05, 0.1) is 0 Å². The monoisotopic (exact) mass is 92.0 g/mol. The Morgan fingerprint density at radius 2 is 1.67 bits per heavy atom. The van der Waals surface area contributed by atoms with Gasteiger partial charge in [0.25, 0.3) is 0 Å². The average molecular weight is 92.1 g/mol. The second kappa shape index (κ2) is 3.49. The van der Waals surface area contributed by atoms with Crippen LogP contribution < -0.4 is 18.9 Å². The molecule has 0 aliphatic heterocycles. The van der Waals surface area contributed by atoms with E-state index in [2.05, 4.69) is 0 Å². The predicted octanol–water partition coefficient (Wildman–Crippen LogP) is -1.14. The van der Waals surface area contributed by atoms with E-state index in [1.54, 1.807) is 11.3 Å². The van der Waals surface area contributed by atoms with Gasteiger partial charge in [0.2, 0.25) is 0 Å². The fraction of sp³-hybridized carbons (Fsp3) is 0. The largest absolute Gasteiger partial charge is 1.00 e. The SMILES string of the molecule is [H-].[Li+].c1ccsc1. The second-order valence-electron chi connectivity index (χ2n) is 0.793. The van der Waals surface area contributed by atoms with Crippen molar-refractivity contribution >= 4 is 11.3 Å². The summed E-state index contributed by atoms with van der Waals surface area (Å²) in [5, 5.41) is 4.08. The van der Waals surface area contributed by atoms with Gasteiger partial charge in [-0.1, -0.05) is 12.1 Å². The van der Waals surface area contributed by atoms with E-state index in [4.69, 9.17) is 0 Å². The Labute approximate surface area is 54.9 Å². The first kappa shape index (κ1) is 6.30. The minimum Gasteiger partial charge on any atom is -1.00 e. The van der Waals surface area contributed by atoms with E-state index in [9.17, 15) is 0 Å². The molecule has 0 spiro atoms. The van der Waals surface area contributed by atoms with Gasteiger partial charge in [-0.3, -0.25) is 0 Å². The molecule has 1 aromatic heterocycles. The van der Waals surface area contributed by atoms with E-state index in [0.717, 1.165) is 0 Å². The maximum Gasteiger partial charge on any atom is 1.00 e. The Kier molecular flexibility index (Phi) is 3.66. The van der Waals surface area contributed by atoms with Crippen LogP contribution in [0.15, 0.2) is 22.9 Å². The third kappa shape index (κ3) is 1.67. The van der Waals surface area contributed by atoms with Gasteiger partial charge in [-0.25, -0.2) is 0 Å². The van der Waals surface area contributed by atoms with E-state index in [1.165, 1.54) is 0 Å². The molecule has 0 nitrogen and oxygen atoms in total. The third-order valence-electron chi connectivity index (χ3n) is 0.425. The van der Waals surface area contributed by atoms with Gasteiger partial charge in [-0.15, -0.1) is 0 Å². The second-order valence-corrected chi connectivity index (χ2v) is 1.61. The molecular formula is C4H5LiS. The fourth-order valence-electron chi connectivity index (χ4n) is 0.227. The molecule has 6 heavy (non-hydrogen) atoms. The van der Waals surface area contributed by atoms with Gasteiger partial charge in [0.1, 0.15) is 0 Å². The number of rotatable bonds is 0. The molecule has 0 saturated carbocycles. The Hall–Kier alpha value is 0.297.